The maximum Gasteiger partial charge on any atom is 0.165 e. The summed E-state index contributed by atoms with van der Waals surface area (Å²) in [5.74, 6) is 0.666. The summed E-state index contributed by atoms with van der Waals surface area (Å²) >= 11 is 0. The zero-order chi connectivity index (χ0) is 16.8. The van der Waals surface area contributed by atoms with Crippen LogP contribution in [0.1, 0.15) is 24.5 Å². The first-order valence-corrected chi connectivity index (χ1v) is 8.58. The van der Waals surface area contributed by atoms with Crippen molar-refractivity contribution in [2.24, 2.45) is 5.92 Å². The molecule has 0 radical (unpaired) electrons. The van der Waals surface area contributed by atoms with Crippen molar-refractivity contribution in [3.05, 3.63) is 34.9 Å². The van der Waals surface area contributed by atoms with E-state index >= 15 is 0 Å². The fraction of sp³-hybridized carbons (Fsp3) is 0.526. The van der Waals surface area contributed by atoms with Gasteiger partial charge in [0.2, 0.25) is 0 Å². The summed E-state index contributed by atoms with van der Waals surface area (Å²) in [6, 6.07) is 3.96. The van der Waals surface area contributed by atoms with Gasteiger partial charge in [0.05, 0.1) is 0 Å². The van der Waals surface area contributed by atoms with Gasteiger partial charge in [0.25, 0.3) is 0 Å². The van der Waals surface area contributed by atoms with Crippen molar-refractivity contribution in [2.75, 3.05) is 13.6 Å². The minimum Gasteiger partial charge on any atom is -0.504 e. The average molecular weight is 327 g/mol. The molecule has 126 valence electrons. The number of aliphatic hydroxyl groups is 1. The molecule has 1 aromatic carbocycles. The number of likely N-dealkylation sites (tertiary alicyclic amines) is 1. The number of hydrogen-bond donors (Lipinski definition) is 2. The quantitative estimate of drug-likeness (QED) is 0.810. The van der Waals surface area contributed by atoms with Gasteiger partial charge in [-0.2, -0.15) is 0 Å². The number of Topliss-reactive ketones (excluding diaryl/α,β-unsaturated/α-hetero) is 1. The van der Waals surface area contributed by atoms with Crippen molar-refractivity contribution in [3.8, 4) is 11.5 Å². The molecule has 2 aliphatic carbocycles. The van der Waals surface area contributed by atoms with Crippen LogP contribution in [0.15, 0.2) is 23.8 Å². The number of nitrogens with zero attached hydrogens (tertiary/aromatic N) is 1. The molecule has 0 aromatic heterocycles. The lowest BCUT2D eigenvalue weighted by molar-refractivity contribution is -0.117. The van der Waals surface area contributed by atoms with Crippen LogP contribution in [0.25, 0.3) is 0 Å². The molecule has 5 rings (SSSR count). The van der Waals surface area contributed by atoms with Gasteiger partial charge >= 0.3 is 0 Å². The molecule has 2 bridgehead atoms. The Hall–Kier alpha value is -1.85. The van der Waals surface area contributed by atoms with Gasteiger partial charge in [-0.3, -0.25) is 4.79 Å². The molecule has 0 amide bonds. The summed E-state index contributed by atoms with van der Waals surface area (Å²) in [6.45, 7) is 2.42. The van der Waals surface area contributed by atoms with E-state index < -0.39 is 12.2 Å². The summed E-state index contributed by atoms with van der Waals surface area (Å²) in [6.07, 6.45) is 2.29. The van der Waals surface area contributed by atoms with Gasteiger partial charge in [-0.1, -0.05) is 12.1 Å². The zero-order valence-corrected chi connectivity index (χ0v) is 13.8. The first kappa shape index (κ1) is 14.5. The van der Waals surface area contributed by atoms with Crippen molar-refractivity contribution in [1.29, 1.82) is 0 Å². The van der Waals surface area contributed by atoms with Gasteiger partial charge in [0.1, 0.15) is 12.2 Å². The van der Waals surface area contributed by atoms with E-state index in [1.165, 1.54) is 12.5 Å². The SMILES string of the molecule is CC(=O)C1=C[C@H]2[C@H]3Cc4ccc(O)c5c4[C@@]2(CCN3C)[C@@H](O5)[C@H]1O. The Labute approximate surface area is 140 Å². The number of benzene rings is 1. The molecule has 24 heavy (non-hydrogen) atoms. The van der Waals surface area contributed by atoms with Crippen LogP contribution in [0.2, 0.25) is 0 Å². The normalized spacial score (nSPS) is 39.0. The van der Waals surface area contributed by atoms with Gasteiger partial charge in [0, 0.05) is 28.5 Å². The van der Waals surface area contributed by atoms with Crippen LogP contribution in [0.4, 0.5) is 0 Å². The topological polar surface area (TPSA) is 70.0 Å². The Morgan fingerprint density at radius 2 is 2.21 bits per heavy atom. The highest BCUT2D eigenvalue weighted by Crippen LogP contribution is 2.63. The largest absolute Gasteiger partial charge is 0.504 e. The summed E-state index contributed by atoms with van der Waals surface area (Å²) in [5.41, 5.74) is 2.39. The fourth-order valence-electron chi connectivity index (χ4n) is 5.62. The fourth-order valence-corrected chi connectivity index (χ4v) is 5.62. The molecule has 2 aliphatic heterocycles. The maximum atomic E-state index is 12.1. The second-order valence-corrected chi connectivity index (χ2v) is 7.68. The summed E-state index contributed by atoms with van der Waals surface area (Å²) in [4.78, 5) is 14.4. The molecule has 1 aromatic rings. The standard InChI is InChI=1S/C19H21NO4/c1-9(21)11-8-12-13-7-10-3-4-14(22)17-15(10)19(12,5-6-20(13)2)18(24-17)16(11)23/h3-4,8,12-13,16,18,22-23H,5-7H2,1-2H3/t12-,13+,16-,18-,19-/m0/s1. The van der Waals surface area contributed by atoms with Crippen LogP contribution >= 0.6 is 0 Å². The molecule has 5 heteroatoms. The maximum absolute atomic E-state index is 12.1. The lowest BCUT2D eigenvalue weighted by Gasteiger charge is -2.57. The van der Waals surface area contributed by atoms with Gasteiger partial charge < -0.3 is 19.8 Å². The van der Waals surface area contributed by atoms with E-state index in [4.69, 9.17) is 4.74 Å². The third kappa shape index (κ3) is 1.46. The number of hydrogen-bond acceptors (Lipinski definition) is 5. The molecule has 1 spiro atoms. The van der Waals surface area contributed by atoms with Crippen LogP contribution in [-0.4, -0.2) is 52.7 Å². The molecule has 1 fully saturated rings. The van der Waals surface area contributed by atoms with Crippen molar-refractivity contribution in [2.45, 2.75) is 43.4 Å². The highest BCUT2D eigenvalue weighted by Gasteiger charge is 2.65. The zero-order valence-electron chi connectivity index (χ0n) is 13.8. The Bertz CT molecular complexity index is 801. The van der Waals surface area contributed by atoms with Crippen molar-refractivity contribution in [3.63, 3.8) is 0 Å². The summed E-state index contributed by atoms with van der Waals surface area (Å²) < 4.78 is 6.13. The van der Waals surface area contributed by atoms with Crippen LogP contribution < -0.4 is 4.74 Å². The minimum absolute atomic E-state index is 0.104. The number of aromatic hydroxyl groups is 1. The Kier molecular flexibility index (Phi) is 2.66. The highest BCUT2D eigenvalue weighted by atomic mass is 16.5. The second kappa shape index (κ2) is 4.41. The monoisotopic (exact) mass is 327 g/mol. The molecule has 4 aliphatic rings. The lowest BCUT2D eigenvalue weighted by atomic mass is 9.52. The third-order valence-electron chi connectivity index (χ3n) is 6.69. The van der Waals surface area contributed by atoms with E-state index in [2.05, 4.69) is 11.9 Å². The van der Waals surface area contributed by atoms with Gasteiger partial charge in [-0.25, -0.2) is 0 Å². The molecular weight excluding hydrogens is 306 g/mol. The van der Waals surface area contributed by atoms with E-state index in [0.29, 0.717) is 11.3 Å². The first-order valence-electron chi connectivity index (χ1n) is 8.58. The number of ketones is 1. The predicted molar refractivity (Wildman–Crippen MR) is 87.2 cm³/mol. The van der Waals surface area contributed by atoms with E-state index in [1.807, 2.05) is 12.1 Å². The molecule has 2 heterocycles. The van der Waals surface area contributed by atoms with Gasteiger partial charge in [0.15, 0.2) is 17.3 Å². The molecule has 1 saturated heterocycles. The highest BCUT2D eigenvalue weighted by molar-refractivity contribution is 5.95. The van der Waals surface area contributed by atoms with E-state index in [0.717, 1.165) is 24.9 Å². The average Bonchev–Trinajstić information content (AvgIpc) is 2.90. The molecule has 2 N–H and O–H groups in total. The number of phenolic OH excluding ortho intramolecular Hbond substituents is 1. The number of phenols is 1. The Morgan fingerprint density at radius 3 is 2.96 bits per heavy atom. The first-order chi connectivity index (χ1) is 11.4. The van der Waals surface area contributed by atoms with Crippen molar-refractivity contribution >= 4 is 5.78 Å². The number of aliphatic hydroxyl groups excluding tert-OH is 1. The van der Waals surface area contributed by atoms with Gasteiger partial charge in [-0.05, 0) is 45.0 Å². The van der Waals surface area contributed by atoms with Crippen LogP contribution in [-0.2, 0) is 16.6 Å². The predicted octanol–water partition coefficient (Wildman–Crippen LogP) is 1.16. The summed E-state index contributed by atoms with van der Waals surface area (Å²) in [7, 11) is 2.13. The number of ether oxygens (including phenoxy) is 1. The molecule has 5 nitrogen and oxygen atoms in total. The van der Waals surface area contributed by atoms with Gasteiger partial charge in [-0.15, -0.1) is 0 Å². The number of rotatable bonds is 1. The van der Waals surface area contributed by atoms with E-state index in [-0.39, 0.29) is 28.9 Å². The van der Waals surface area contributed by atoms with E-state index in [1.54, 1.807) is 6.07 Å². The second-order valence-electron chi connectivity index (χ2n) is 7.68. The molecule has 0 saturated carbocycles. The van der Waals surface area contributed by atoms with Crippen molar-refractivity contribution < 1.29 is 19.7 Å². The van der Waals surface area contributed by atoms with E-state index in [9.17, 15) is 15.0 Å². The minimum atomic E-state index is -0.944. The molecule has 0 unspecified atom stereocenters. The number of likely N-dealkylation sites (N-methyl/N-ethyl adjacent to an activating group) is 1. The number of carbonyl (C=O) groups excluding carboxylic acids is 1. The molecular formula is C19H21NO4. The van der Waals surface area contributed by atoms with Crippen LogP contribution in [0.3, 0.4) is 0 Å². The molecule has 5 atom stereocenters. The Morgan fingerprint density at radius 1 is 1.42 bits per heavy atom. The summed E-state index contributed by atoms with van der Waals surface area (Å²) in [5, 5.41) is 21.2. The Balaban J connectivity index is 1.82. The van der Waals surface area contributed by atoms with Crippen LogP contribution in [0.5, 0.6) is 11.5 Å². The number of carbonyl (C=O) groups is 1. The lowest BCUT2D eigenvalue weighted by Crippen LogP contribution is -2.65. The smallest absolute Gasteiger partial charge is 0.165 e. The number of piperidine rings is 1. The van der Waals surface area contributed by atoms with Crippen molar-refractivity contribution in [1.82, 2.24) is 4.90 Å². The van der Waals surface area contributed by atoms with Crippen LogP contribution in [0, 0.1) is 5.92 Å². The third-order valence-corrected chi connectivity index (χ3v) is 6.69.